The van der Waals surface area contributed by atoms with E-state index in [4.69, 9.17) is 13.9 Å². The van der Waals surface area contributed by atoms with Gasteiger partial charge in [0.15, 0.2) is 0 Å². The third-order valence-corrected chi connectivity index (χ3v) is 4.61. The van der Waals surface area contributed by atoms with Crippen molar-refractivity contribution in [3.8, 4) is 0 Å². The fourth-order valence-corrected chi connectivity index (χ4v) is 3.09. The number of hydrogen-bond acceptors (Lipinski definition) is 6. The standard InChI is InChI=1S/C12H20N2O5S/c1-13-7-10-3-4-11(19-10)20(15,16)14-8-12(17-2)5-6-18-9-12/h3-4,13-14H,5-9H2,1-2H3. The lowest BCUT2D eigenvalue weighted by Crippen LogP contribution is -2.44. The molecule has 1 aromatic rings. The minimum atomic E-state index is -3.67. The Morgan fingerprint density at radius 3 is 2.85 bits per heavy atom. The first-order valence-corrected chi connectivity index (χ1v) is 7.85. The lowest BCUT2D eigenvalue weighted by atomic mass is 10.0. The molecule has 1 atom stereocenters. The van der Waals surface area contributed by atoms with Crippen LogP contribution in [0, 0.1) is 0 Å². The smallest absolute Gasteiger partial charge is 0.274 e. The molecule has 1 aliphatic heterocycles. The maximum atomic E-state index is 12.1. The van der Waals surface area contributed by atoms with E-state index in [0.29, 0.717) is 31.9 Å². The zero-order valence-electron chi connectivity index (χ0n) is 11.6. The van der Waals surface area contributed by atoms with E-state index in [-0.39, 0.29) is 11.6 Å². The second-order valence-electron chi connectivity index (χ2n) is 4.77. The van der Waals surface area contributed by atoms with Crippen LogP contribution in [0.3, 0.4) is 0 Å². The van der Waals surface area contributed by atoms with Crippen molar-refractivity contribution in [1.82, 2.24) is 10.0 Å². The zero-order valence-corrected chi connectivity index (χ0v) is 12.5. The molecule has 8 heteroatoms. The maximum absolute atomic E-state index is 12.1. The average Bonchev–Trinajstić information content (AvgIpc) is 3.07. The number of furan rings is 1. The molecule has 7 nitrogen and oxygen atoms in total. The van der Waals surface area contributed by atoms with Crippen LogP contribution in [-0.4, -0.2) is 47.9 Å². The van der Waals surface area contributed by atoms with Crippen molar-refractivity contribution in [3.63, 3.8) is 0 Å². The van der Waals surface area contributed by atoms with Gasteiger partial charge in [-0.1, -0.05) is 0 Å². The monoisotopic (exact) mass is 304 g/mol. The molecule has 114 valence electrons. The van der Waals surface area contributed by atoms with E-state index >= 15 is 0 Å². The topological polar surface area (TPSA) is 89.8 Å². The molecule has 1 unspecified atom stereocenters. The first kappa shape index (κ1) is 15.5. The van der Waals surface area contributed by atoms with E-state index in [9.17, 15) is 8.42 Å². The molecule has 20 heavy (non-hydrogen) atoms. The van der Waals surface area contributed by atoms with E-state index in [1.54, 1.807) is 20.2 Å². The van der Waals surface area contributed by atoms with Crippen LogP contribution in [0.1, 0.15) is 12.2 Å². The van der Waals surface area contributed by atoms with Gasteiger partial charge >= 0.3 is 0 Å². The Kier molecular flexibility index (Phi) is 4.82. The summed E-state index contributed by atoms with van der Waals surface area (Å²) in [5.74, 6) is 0.568. The van der Waals surface area contributed by atoms with Crippen LogP contribution in [0.15, 0.2) is 21.6 Å². The van der Waals surface area contributed by atoms with Crippen molar-refractivity contribution in [2.75, 3.05) is 33.9 Å². The Labute approximate surface area is 118 Å². The van der Waals surface area contributed by atoms with Crippen molar-refractivity contribution in [2.24, 2.45) is 0 Å². The van der Waals surface area contributed by atoms with Crippen molar-refractivity contribution < 1.29 is 22.3 Å². The van der Waals surface area contributed by atoms with Crippen LogP contribution in [0.25, 0.3) is 0 Å². The molecule has 0 bridgehead atoms. The predicted molar refractivity (Wildman–Crippen MR) is 71.8 cm³/mol. The highest BCUT2D eigenvalue weighted by molar-refractivity contribution is 7.89. The van der Waals surface area contributed by atoms with Gasteiger partial charge in [-0.05, 0) is 19.2 Å². The molecular weight excluding hydrogens is 284 g/mol. The second kappa shape index (κ2) is 6.23. The van der Waals surface area contributed by atoms with Gasteiger partial charge in [0, 0.05) is 26.7 Å². The summed E-state index contributed by atoms with van der Waals surface area (Å²) in [6.45, 7) is 1.59. The normalized spacial score (nSPS) is 23.3. The van der Waals surface area contributed by atoms with Crippen molar-refractivity contribution in [1.29, 1.82) is 0 Å². The summed E-state index contributed by atoms with van der Waals surface area (Å²) in [6.07, 6.45) is 0.662. The second-order valence-corrected chi connectivity index (χ2v) is 6.46. The molecule has 1 aromatic heterocycles. The largest absolute Gasteiger partial charge is 0.447 e. The van der Waals surface area contributed by atoms with Gasteiger partial charge in [-0.15, -0.1) is 0 Å². The van der Waals surface area contributed by atoms with E-state index in [0.717, 1.165) is 0 Å². The third kappa shape index (κ3) is 3.39. The molecule has 2 heterocycles. The van der Waals surface area contributed by atoms with E-state index in [1.165, 1.54) is 6.07 Å². The van der Waals surface area contributed by atoms with Crippen LogP contribution < -0.4 is 10.0 Å². The average molecular weight is 304 g/mol. The van der Waals surface area contributed by atoms with Gasteiger partial charge in [-0.25, -0.2) is 13.1 Å². The van der Waals surface area contributed by atoms with Gasteiger partial charge in [-0.3, -0.25) is 0 Å². The molecule has 0 aliphatic carbocycles. The van der Waals surface area contributed by atoms with Crippen LogP contribution >= 0.6 is 0 Å². The summed E-state index contributed by atoms with van der Waals surface area (Å²) in [6, 6.07) is 3.08. The van der Waals surface area contributed by atoms with Gasteiger partial charge in [-0.2, -0.15) is 0 Å². The number of rotatable bonds is 7. The first-order valence-electron chi connectivity index (χ1n) is 6.37. The van der Waals surface area contributed by atoms with E-state index in [2.05, 4.69) is 10.0 Å². The summed E-state index contributed by atoms with van der Waals surface area (Å²) < 4.78 is 42.7. The number of methoxy groups -OCH3 is 1. The zero-order chi connectivity index (χ0) is 14.6. The van der Waals surface area contributed by atoms with Crippen molar-refractivity contribution in [2.45, 2.75) is 23.7 Å². The van der Waals surface area contributed by atoms with Gasteiger partial charge in [0.25, 0.3) is 10.0 Å². The Morgan fingerprint density at radius 1 is 1.45 bits per heavy atom. The Balaban J connectivity index is 2.03. The lowest BCUT2D eigenvalue weighted by molar-refractivity contribution is -0.0121. The number of ether oxygens (including phenoxy) is 2. The Hall–Kier alpha value is -0.930. The lowest BCUT2D eigenvalue weighted by Gasteiger charge is -2.25. The van der Waals surface area contributed by atoms with Gasteiger partial charge in [0.1, 0.15) is 11.4 Å². The van der Waals surface area contributed by atoms with Crippen LogP contribution in [-0.2, 0) is 26.0 Å². The highest BCUT2D eigenvalue weighted by atomic mass is 32.2. The molecule has 0 spiro atoms. The summed E-state index contributed by atoms with van der Waals surface area (Å²) in [4.78, 5) is 0. The highest BCUT2D eigenvalue weighted by Gasteiger charge is 2.36. The first-order chi connectivity index (χ1) is 9.51. The van der Waals surface area contributed by atoms with Gasteiger partial charge in [0.05, 0.1) is 13.2 Å². The van der Waals surface area contributed by atoms with Crippen LogP contribution in [0.5, 0.6) is 0 Å². The fraction of sp³-hybridized carbons (Fsp3) is 0.667. The minimum Gasteiger partial charge on any atom is -0.447 e. The van der Waals surface area contributed by atoms with Gasteiger partial charge < -0.3 is 19.2 Å². The maximum Gasteiger partial charge on any atom is 0.274 e. The summed E-state index contributed by atoms with van der Waals surface area (Å²) in [5, 5.41) is 2.81. The summed E-state index contributed by atoms with van der Waals surface area (Å²) in [5.41, 5.74) is -0.590. The molecular formula is C12H20N2O5S. The number of hydrogen-bond donors (Lipinski definition) is 2. The highest BCUT2D eigenvalue weighted by Crippen LogP contribution is 2.22. The quantitative estimate of drug-likeness (QED) is 0.741. The van der Waals surface area contributed by atoms with Crippen molar-refractivity contribution in [3.05, 3.63) is 17.9 Å². The molecule has 2 N–H and O–H groups in total. The summed E-state index contributed by atoms with van der Waals surface area (Å²) >= 11 is 0. The predicted octanol–water partition coefficient (Wildman–Crippen LogP) is 0.0828. The van der Waals surface area contributed by atoms with Crippen LogP contribution in [0.4, 0.5) is 0 Å². The number of nitrogens with one attached hydrogen (secondary N) is 2. The van der Waals surface area contributed by atoms with Crippen molar-refractivity contribution >= 4 is 10.0 Å². The molecule has 2 rings (SSSR count). The molecule has 0 saturated carbocycles. The Morgan fingerprint density at radius 2 is 2.25 bits per heavy atom. The molecule has 0 radical (unpaired) electrons. The van der Waals surface area contributed by atoms with E-state index < -0.39 is 15.6 Å². The molecule has 1 aliphatic rings. The molecule has 0 amide bonds. The molecule has 1 saturated heterocycles. The van der Waals surface area contributed by atoms with Gasteiger partial charge in [0.2, 0.25) is 5.09 Å². The minimum absolute atomic E-state index is 0.0899. The summed E-state index contributed by atoms with van der Waals surface area (Å²) in [7, 11) is -0.356. The van der Waals surface area contributed by atoms with Crippen LogP contribution in [0.2, 0.25) is 0 Å². The fourth-order valence-electron chi connectivity index (χ4n) is 2.03. The molecule has 0 aromatic carbocycles. The molecule has 1 fully saturated rings. The van der Waals surface area contributed by atoms with E-state index in [1.807, 2.05) is 0 Å². The third-order valence-electron chi connectivity index (χ3n) is 3.34. The Bertz CT molecular complexity index is 534. The number of sulfonamides is 1. The SMILES string of the molecule is CNCc1ccc(S(=O)(=O)NCC2(OC)CCOC2)o1.